The number of hydrogen-bond acceptors (Lipinski definition) is 6. The van der Waals surface area contributed by atoms with Crippen LogP contribution in [-0.4, -0.2) is 72.6 Å². The molecule has 0 aliphatic carbocycles. The van der Waals surface area contributed by atoms with Gasteiger partial charge in [-0.25, -0.2) is 0 Å². The van der Waals surface area contributed by atoms with Crippen LogP contribution in [0.15, 0.2) is 42.7 Å². The summed E-state index contributed by atoms with van der Waals surface area (Å²) in [7, 11) is 3.19. The van der Waals surface area contributed by atoms with Gasteiger partial charge in [0.1, 0.15) is 18.0 Å². The Morgan fingerprint density at radius 2 is 1.74 bits per heavy atom. The topological polar surface area (TPSA) is 81.2 Å². The number of pyridine rings is 1. The molecule has 2 amide bonds. The van der Waals surface area contributed by atoms with E-state index in [1.807, 2.05) is 26.0 Å². The average Bonchev–Trinajstić information content (AvgIpc) is 2.96. The van der Waals surface area contributed by atoms with Crippen LogP contribution in [-0.2, 0) is 16.1 Å². The lowest BCUT2D eigenvalue weighted by molar-refractivity contribution is -0.133. The number of hydrogen-bond donors (Lipinski definition) is 0. The van der Waals surface area contributed by atoms with E-state index in [0.29, 0.717) is 36.8 Å². The molecule has 1 aliphatic heterocycles. The molecular weight excluding hydrogens is 398 g/mol. The summed E-state index contributed by atoms with van der Waals surface area (Å²) in [6.07, 6.45) is 2.80. The SMILES string of the molecule is COc1cc(COC2CN(C(=O)c3ccncc3)CC(=O)N(C(C)C)C2)cc(OC)c1. The molecule has 2 heterocycles. The van der Waals surface area contributed by atoms with Gasteiger partial charge >= 0.3 is 0 Å². The lowest BCUT2D eigenvalue weighted by Gasteiger charge is -2.27. The van der Waals surface area contributed by atoms with Crippen LogP contribution in [0, 0.1) is 0 Å². The summed E-state index contributed by atoms with van der Waals surface area (Å²) in [4.78, 5) is 33.1. The molecule has 0 N–H and O–H groups in total. The van der Waals surface area contributed by atoms with Gasteiger partial charge in [0.05, 0.1) is 26.9 Å². The second-order valence-electron chi connectivity index (χ2n) is 7.72. The van der Waals surface area contributed by atoms with Crippen molar-refractivity contribution in [2.45, 2.75) is 32.6 Å². The zero-order valence-corrected chi connectivity index (χ0v) is 18.4. The van der Waals surface area contributed by atoms with Crippen LogP contribution in [0.25, 0.3) is 0 Å². The Labute approximate surface area is 182 Å². The zero-order chi connectivity index (χ0) is 22.4. The number of ether oxygens (including phenoxy) is 3. The third-order valence-corrected chi connectivity index (χ3v) is 5.21. The van der Waals surface area contributed by atoms with Gasteiger partial charge in [-0.1, -0.05) is 0 Å². The number of carbonyl (C=O) groups excluding carboxylic acids is 2. The maximum Gasteiger partial charge on any atom is 0.254 e. The number of amides is 2. The second-order valence-corrected chi connectivity index (χ2v) is 7.72. The van der Waals surface area contributed by atoms with Crippen LogP contribution in [0.2, 0.25) is 0 Å². The number of methoxy groups -OCH3 is 2. The Balaban J connectivity index is 1.78. The maximum atomic E-state index is 13.0. The van der Waals surface area contributed by atoms with E-state index in [1.54, 1.807) is 54.6 Å². The third kappa shape index (κ3) is 5.73. The highest BCUT2D eigenvalue weighted by Crippen LogP contribution is 2.24. The molecule has 3 rings (SSSR count). The molecule has 1 saturated heterocycles. The Morgan fingerprint density at radius 3 is 2.32 bits per heavy atom. The van der Waals surface area contributed by atoms with E-state index >= 15 is 0 Å². The van der Waals surface area contributed by atoms with E-state index in [2.05, 4.69) is 4.98 Å². The Bertz CT molecular complexity index is 881. The van der Waals surface area contributed by atoms with Crippen LogP contribution in [0.5, 0.6) is 11.5 Å². The van der Waals surface area contributed by atoms with Crippen molar-refractivity contribution in [3.8, 4) is 11.5 Å². The molecule has 0 spiro atoms. The summed E-state index contributed by atoms with van der Waals surface area (Å²) in [5, 5.41) is 0. The van der Waals surface area contributed by atoms with Gasteiger partial charge in [-0.2, -0.15) is 0 Å². The highest BCUT2D eigenvalue weighted by atomic mass is 16.5. The van der Waals surface area contributed by atoms with Crippen LogP contribution < -0.4 is 9.47 Å². The maximum absolute atomic E-state index is 13.0. The first-order valence-electron chi connectivity index (χ1n) is 10.2. The van der Waals surface area contributed by atoms with Crippen molar-refractivity contribution in [1.82, 2.24) is 14.8 Å². The molecule has 1 unspecified atom stereocenters. The van der Waals surface area contributed by atoms with Crippen LogP contribution >= 0.6 is 0 Å². The molecule has 1 fully saturated rings. The molecule has 0 saturated carbocycles. The first-order chi connectivity index (χ1) is 14.9. The molecule has 2 aromatic rings. The lowest BCUT2D eigenvalue weighted by atomic mass is 10.2. The van der Waals surface area contributed by atoms with Crippen molar-refractivity contribution in [2.24, 2.45) is 0 Å². The van der Waals surface area contributed by atoms with E-state index in [4.69, 9.17) is 14.2 Å². The van der Waals surface area contributed by atoms with E-state index in [-0.39, 0.29) is 30.5 Å². The summed E-state index contributed by atoms with van der Waals surface area (Å²) in [6.45, 7) is 4.97. The summed E-state index contributed by atoms with van der Waals surface area (Å²) >= 11 is 0. The first kappa shape index (κ1) is 22.6. The molecular formula is C23H29N3O5. The summed E-state index contributed by atoms with van der Waals surface area (Å²) in [5.74, 6) is 1.05. The Kier molecular flexibility index (Phi) is 7.46. The van der Waals surface area contributed by atoms with Crippen molar-refractivity contribution in [1.29, 1.82) is 0 Å². The number of carbonyl (C=O) groups is 2. The van der Waals surface area contributed by atoms with E-state index in [0.717, 1.165) is 5.56 Å². The molecule has 1 aliphatic rings. The molecule has 8 nitrogen and oxygen atoms in total. The van der Waals surface area contributed by atoms with Gasteiger partial charge in [-0.15, -0.1) is 0 Å². The number of benzene rings is 1. The molecule has 8 heteroatoms. The lowest BCUT2D eigenvalue weighted by Crippen LogP contribution is -2.42. The molecule has 1 aromatic carbocycles. The molecule has 1 atom stereocenters. The van der Waals surface area contributed by atoms with Crippen molar-refractivity contribution < 1.29 is 23.8 Å². The van der Waals surface area contributed by atoms with E-state index in [1.165, 1.54) is 0 Å². The molecule has 31 heavy (non-hydrogen) atoms. The van der Waals surface area contributed by atoms with E-state index < -0.39 is 0 Å². The highest BCUT2D eigenvalue weighted by molar-refractivity contribution is 5.96. The highest BCUT2D eigenvalue weighted by Gasteiger charge is 2.32. The molecule has 0 radical (unpaired) electrons. The fraction of sp³-hybridized carbons (Fsp3) is 0.435. The normalized spacial score (nSPS) is 16.9. The zero-order valence-electron chi connectivity index (χ0n) is 18.4. The van der Waals surface area contributed by atoms with Crippen LogP contribution in [0.4, 0.5) is 0 Å². The molecule has 1 aromatic heterocycles. The summed E-state index contributed by atoms with van der Waals surface area (Å²) < 4.78 is 16.8. The fourth-order valence-corrected chi connectivity index (χ4v) is 3.54. The number of rotatable bonds is 7. The predicted octanol–water partition coefficient (Wildman–Crippen LogP) is 2.38. The van der Waals surface area contributed by atoms with Gasteiger partial charge < -0.3 is 24.0 Å². The van der Waals surface area contributed by atoms with Gasteiger partial charge in [-0.05, 0) is 43.7 Å². The standard InChI is InChI=1S/C23H29N3O5/c1-16(2)26-13-21(31-15-17-9-19(29-3)11-20(10-17)30-4)12-25(14-22(26)27)23(28)18-5-7-24-8-6-18/h5-11,16,21H,12-15H2,1-4H3. The Hall–Kier alpha value is -3.13. The van der Waals surface area contributed by atoms with Crippen molar-refractivity contribution in [2.75, 3.05) is 33.9 Å². The van der Waals surface area contributed by atoms with E-state index in [9.17, 15) is 9.59 Å². The summed E-state index contributed by atoms with van der Waals surface area (Å²) in [5.41, 5.74) is 1.38. The smallest absolute Gasteiger partial charge is 0.254 e. The minimum Gasteiger partial charge on any atom is -0.497 e. The van der Waals surface area contributed by atoms with Gasteiger partial charge in [0.25, 0.3) is 5.91 Å². The Morgan fingerprint density at radius 1 is 1.10 bits per heavy atom. The fourth-order valence-electron chi connectivity index (χ4n) is 3.54. The van der Waals surface area contributed by atoms with Crippen molar-refractivity contribution in [3.05, 3.63) is 53.9 Å². The van der Waals surface area contributed by atoms with Crippen molar-refractivity contribution >= 4 is 11.8 Å². The van der Waals surface area contributed by atoms with Gasteiger partial charge in [0, 0.05) is 43.2 Å². The third-order valence-electron chi connectivity index (χ3n) is 5.21. The van der Waals surface area contributed by atoms with Gasteiger partial charge in [0.15, 0.2) is 0 Å². The first-order valence-corrected chi connectivity index (χ1v) is 10.2. The number of nitrogens with zero attached hydrogens (tertiary/aromatic N) is 3. The van der Waals surface area contributed by atoms with Gasteiger partial charge in [0.2, 0.25) is 5.91 Å². The quantitative estimate of drug-likeness (QED) is 0.675. The van der Waals surface area contributed by atoms with Crippen molar-refractivity contribution in [3.63, 3.8) is 0 Å². The minimum atomic E-state index is -0.336. The number of aromatic nitrogens is 1. The van der Waals surface area contributed by atoms with Crippen LogP contribution in [0.1, 0.15) is 29.8 Å². The summed E-state index contributed by atoms with van der Waals surface area (Å²) in [6, 6.07) is 8.86. The minimum absolute atomic E-state index is 0.00601. The second kappa shape index (κ2) is 10.3. The predicted molar refractivity (Wildman–Crippen MR) is 115 cm³/mol. The monoisotopic (exact) mass is 427 g/mol. The van der Waals surface area contributed by atoms with Crippen LogP contribution in [0.3, 0.4) is 0 Å². The molecule has 0 bridgehead atoms. The largest absolute Gasteiger partial charge is 0.497 e. The van der Waals surface area contributed by atoms with Gasteiger partial charge in [-0.3, -0.25) is 14.6 Å². The average molecular weight is 428 g/mol. The molecule has 166 valence electrons.